The van der Waals surface area contributed by atoms with E-state index in [-0.39, 0.29) is 0 Å². The van der Waals surface area contributed by atoms with E-state index in [4.69, 9.17) is 14.0 Å². The fourth-order valence-corrected chi connectivity index (χ4v) is 2.21. The third-order valence-electron chi connectivity index (χ3n) is 3.25. The van der Waals surface area contributed by atoms with Gasteiger partial charge in [-0.05, 0) is 34.6 Å². The number of ether oxygens (including phenoxy) is 3. The van der Waals surface area contributed by atoms with Gasteiger partial charge in [-0.15, -0.1) is 0 Å². The van der Waals surface area contributed by atoms with Crippen molar-refractivity contribution >= 4 is 73.2 Å². The number of carbonyl (C=O) groups excluding carboxylic acids is 3. The Bertz CT molecular complexity index is 697. The molecule has 0 aromatic rings. The van der Waals surface area contributed by atoms with Gasteiger partial charge in [0, 0.05) is 0 Å². The van der Waals surface area contributed by atoms with Gasteiger partial charge in [-0.25, -0.2) is 0 Å². The van der Waals surface area contributed by atoms with E-state index in [2.05, 4.69) is 4.74 Å². The van der Waals surface area contributed by atoms with Crippen LogP contribution in [0.3, 0.4) is 0 Å². The summed E-state index contributed by atoms with van der Waals surface area (Å²) in [5.74, 6) is -4.36. The summed E-state index contributed by atoms with van der Waals surface area (Å²) in [5.41, 5.74) is 0. The van der Waals surface area contributed by atoms with E-state index >= 15 is 0 Å². The first-order chi connectivity index (χ1) is 12.7. The van der Waals surface area contributed by atoms with Gasteiger partial charge in [-0.1, -0.05) is 45.2 Å². The number of esters is 3. The molecule has 1 N–H and O–H groups in total. The molecule has 0 aliphatic rings. The molecule has 0 saturated heterocycles. The summed E-state index contributed by atoms with van der Waals surface area (Å²) in [4.78, 5) is 36.0. The van der Waals surface area contributed by atoms with Crippen LogP contribution in [0.25, 0.3) is 0 Å². The maximum atomic E-state index is 13.6. The van der Waals surface area contributed by atoms with Crippen LogP contribution < -0.4 is 0 Å². The molecule has 0 radical (unpaired) electrons. The molecule has 9 nitrogen and oxygen atoms in total. The number of hydrogen-bond acceptors (Lipinski definition) is 8. The molecule has 0 rings (SSSR count). The Labute approximate surface area is 194 Å². The molecule has 0 aliphatic carbocycles. The van der Waals surface area contributed by atoms with E-state index in [0.29, 0.717) is 6.92 Å². The first-order valence-electron chi connectivity index (χ1n) is 7.98. The molecule has 0 amide bonds. The molecule has 0 fully saturated rings. The summed E-state index contributed by atoms with van der Waals surface area (Å²) in [5, 5.41) is -4.77. The molecule has 170 valence electrons. The van der Waals surface area contributed by atoms with Crippen molar-refractivity contribution in [2.24, 2.45) is 5.92 Å². The summed E-state index contributed by atoms with van der Waals surface area (Å²) in [6.07, 6.45) is -2.55. The van der Waals surface area contributed by atoms with Gasteiger partial charge < -0.3 is 14.2 Å². The van der Waals surface area contributed by atoms with Crippen LogP contribution in [0.1, 0.15) is 34.6 Å². The quantitative estimate of drug-likeness (QED) is 0.123. The Kier molecular flexibility index (Phi) is 10.2. The van der Waals surface area contributed by atoms with Crippen molar-refractivity contribution in [3.63, 3.8) is 0 Å². The fraction of sp³-hybridized carbons (Fsp3) is 0.800. The second-order valence-corrected chi connectivity index (χ2v) is 13.8. The van der Waals surface area contributed by atoms with Crippen molar-refractivity contribution < 1.29 is 50.3 Å². The van der Waals surface area contributed by atoms with Crippen LogP contribution in [-0.2, 0) is 38.7 Å². The standard InChI is InChI=1S/C15H22F2I2O9S/c1-8(15(16,17)29(23,24)25)28-10(20)9(6-26-11(21)13(2,3)18)7-27-12(22)14(4,5)19/h8-9H,6-7H2,1-5H3,(H,23,24,25). The maximum Gasteiger partial charge on any atom is 0.405 e. The topological polar surface area (TPSA) is 133 Å². The molecule has 1 unspecified atom stereocenters. The van der Waals surface area contributed by atoms with E-state index in [1.54, 1.807) is 45.2 Å². The second kappa shape index (κ2) is 10.3. The lowest BCUT2D eigenvalue weighted by Gasteiger charge is -2.25. The Hall–Kier alpha value is -0.360. The van der Waals surface area contributed by atoms with Gasteiger partial charge in [0.1, 0.15) is 26.0 Å². The fourth-order valence-electron chi connectivity index (χ4n) is 1.43. The van der Waals surface area contributed by atoms with Crippen molar-refractivity contribution in [1.29, 1.82) is 0 Å². The first kappa shape index (κ1) is 28.6. The SMILES string of the molecule is CC(OC(=O)C(COC(=O)C(C)(C)I)COC(=O)C(C)(C)I)C(F)(F)S(=O)(=O)O. The highest BCUT2D eigenvalue weighted by molar-refractivity contribution is 14.1. The van der Waals surface area contributed by atoms with E-state index in [0.717, 1.165) is 0 Å². The number of alkyl halides is 4. The molecule has 0 bridgehead atoms. The zero-order chi connectivity index (χ0) is 23.4. The van der Waals surface area contributed by atoms with Gasteiger partial charge in [0.05, 0.1) is 0 Å². The minimum atomic E-state index is -5.85. The van der Waals surface area contributed by atoms with Crippen molar-refractivity contribution in [2.75, 3.05) is 13.2 Å². The lowest BCUT2D eigenvalue weighted by atomic mass is 10.1. The zero-order valence-corrected chi connectivity index (χ0v) is 21.3. The Morgan fingerprint density at radius 1 is 0.966 bits per heavy atom. The van der Waals surface area contributed by atoms with Gasteiger partial charge in [0.15, 0.2) is 6.10 Å². The van der Waals surface area contributed by atoms with Crippen molar-refractivity contribution in [2.45, 2.75) is 52.8 Å². The second-order valence-electron chi connectivity index (χ2n) is 6.95. The van der Waals surface area contributed by atoms with Gasteiger partial charge in [0.25, 0.3) is 0 Å². The third-order valence-corrected chi connectivity index (χ3v) is 5.15. The Balaban J connectivity index is 5.37. The normalized spacial score (nSPS) is 14.3. The molecular formula is C15H22F2I2O9S. The van der Waals surface area contributed by atoms with E-state index in [9.17, 15) is 31.6 Å². The highest BCUT2D eigenvalue weighted by atomic mass is 127. The van der Waals surface area contributed by atoms with E-state index in [1.807, 2.05) is 0 Å². The van der Waals surface area contributed by atoms with Crippen molar-refractivity contribution in [3.8, 4) is 0 Å². The van der Waals surface area contributed by atoms with Gasteiger partial charge in [-0.3, -0.25) is 18.9 Å². The largest absolute Gasteiger partial charge is 0.464 e. The van der Waals surface area contributed by atoms with E-state index < -0.39 is 65.4 Å². The third kappa shape index (κ3) is 9.12. The molecule has 14 heteroatoms. The zero-order valence-electron chi connectivity index (χ0n) is 16.2. The Morgan fingerprint density at radius 3 is 1.59 bits per heavy atom. The molecule has 0 saturated carbocycles. The maximum absolute atomic E-state index is 13.6. The van der Waals surface area contributed by atoms with Crippen LogP contribution in [0.4, 0.5) is 8.78 Å². The summed E-state index contributed by atoms with van der Waals surface area (Å²) in [6, 6.07) is 0. The molecule has 0 heterocycles. The lowest BCUT2D eigenvalue weighted by molar-refractivity contribution is -0.172. The predicted octanol–water partition coefficient (Wildman–Crippen LogP) is 2.53. The molecule has 29 heavy (non-hydrogen) atoms. The monoisotopic (exact) mass is 670 g/mol. The summed E-state index contributed by atoms with van der Waals surface area (Å²) in [7, 11) is -5.85. The average molecular weight is 670 g/mol. The van der Waals surface area contributed by atoms with Crippen molar-refractivity contribution in [1.82, 2.24) is 0 Å². The molecular weight excluding hydrogens is 648 g/mol. The molecule has 0 spiro atoms. The van der Waals surface area contributed by atoms with Gasteiger partial charge in [0.2, 0.25) is 0 Å². The smallest absolute Gasteiger partial charge is 0.405 e. The highest BCUT2D eigenvalue weighted by Gasteiger charge is 2.52. The van der Waals surface area contributed by atoms with Crippen LogP contribution in [0, 0.1) is 5.92 Å². The first-order valence-corrected chi connectivity index (χ1v) is 11.6. The van der Waals surface area contributed by atoms with Crippen LogP contribution in [0.5, 0.6) is 0 Å². The van der Waals surface area contributed by atoms with Gasteiger partial charge >= 0.3 is 33.3 Å². The Morgan fingerprint density at radius 2 is 1.31 bits per heavy atom. The minimum Gasteiger partial charge on any atom is -0.464 e. The van der Waals surface area contributed by atoms with E-state index in [1.165, 1.54) is 27.7 Å². The van der Waals surface area contributed by atoms with Gasteiger partial charge in [-0.2, -0.15) is 17.2 Å². The number of carbonyl (C=O) groups is 3. The summed E-state index contributed by atoms with van der Waals surface area (Å²) in [6.45, 7) is 5.33. The predicted molar refractivity (Wildman–Crippen MR) is 114 cm³/mol. The molecule has 0 aliphatic heterocycles. The highest BCUT2D eigenvalue weighted by Crippen LogP contribution is 2.28. The summed E-state index contributed by atoms with van der Waals surface area (Å²) < 4.78 is 69.7. The molecule has 1 atom stereocenters. The minimum absolute atomic E-state index is 0.558. The van der Waals surface area contributed by atoms with Crippen LogP contribution >= 0.6 is 45.2 Å². The number of rotatable bonds is 10. The van der Waals surface area contributed by atoms with Crippen LogP contribution in [0.2, 0.25) is 0 Å². The lowest BCUT2D eigenvalue weighted by Crippen LogP contribution is -2.44. The number of hydrogen-bond donors (Lipinski definition) is 1. The molecule has 0 aromatic carbocycles. The number of halogens is 4. The van der Waals surface area contributed by atoms with Crippen LogP contribution in [0.15, 0.2) is 0 Å². The van der Waals surface area contributed by atoms with Crippen LogP contribution in [-0.4, -0.2) is 62.3 Å². The molecule has 0 aromatic heterocycles. The van der Waals surface area contributed by atoms with Crippen molar-refractivity contribution in [3.05, 3.63) is 0 Å². The summed E-state index contributed by atoms with van der Waals surface area (Å²) >= 11 is 3.56. The average Bonchev–Trinajstić information content (AvgIpc) is 2.50.